The molecule has 0 spiro atoms. The summed E-state index contributed by atoms with van der Waals surface area (Å²) >= 11 is 0. The van der Waals surface area contributed by atoms with Crippen molar-refractivity contribution in [2.75, 3.05) is 45.9 Å². The van der Waals surface area contributed by atoms with Gasteiger partial charge < -0.3 is 45.9 Å². The summed E-state index contributed by atoms with van der Waals surface area (Å²) in [7, 11) is 0. The van der Waals surface area contributed by atoms with Gasteiger partial charge in [-0.05, 0) is 46.5 Å². The number of anilines is 8. The number of benzene rings is 6. The Morgan fingerprint density at radius 2 is 0.844 bits per heavy atom. The van der Waals surface area contributed by atoms with E-state index in [9.17, 15) is 0 Å². The number of hydrogen-bond acceptors (Lipinski definition) is 8. The molecule has 0 bridgehead atoms. The highest BCUT2D eigenvalue weighted by Gasteiger charge is 2.24. The molecule has 6 aromatic carbocycles. The molecule has 32 heavy (non-hydrogen) atoms. The lowest BCUT2D eigenvalue weighted by atomic mass is 9.84. The van der Waals surface area contributed by atoms with Crippen LogP contribution in [0.5, 0.6) is 0 Å². The smallest absolute Gasteiger partial charge is 0.0635 e. The van der Waals surface area contributed by atoms with Gasteiger partial charge in [0.2, 0.25) is 0 Å². The zero-order valence-corrected chi connectivity index (χ0v) is 17.1. The molecule has 0 aliphatic carbocycles. The summed E-state index contributed by atoms with van der Waals surface area (Å²) in [6, 6.07) is 11.1. The van der Waals surface area contributed by atoms with Crippen molar-refractivity contribution in [2.24, 2.45) is 0 Å². The highest BCUT2D eigenvalue weighted by atomic mass is 14.7. The van der Waals surface area contributed by atoms with Gasteiger partial charge in [0.1, 0.15) is 0 Å². The number of hydrogen-bond donors (Lipinski definition) is 8. The summed E-state index contributed by atoms with van der Waals surface area (Å²) in [5, 5.41) is 8.26. The summed E-state index contributed by atoms with van der Waals surface area (Å²) in [6.45, 7) is 0. The molecule has 0 fully saturated rings. The average molecular weight is 422 g/mol. The van der Waals surface area contributed by atoms with Gasteiger partial charge in [0.05, 0.1) is 45.5 Å². The first-order valence-electron chi connectivity index (χ1n) is 10.0. The van der Waals surface area contributed by atoms with Crippen molar-refractivity contribution < 1.29 is 0 Å². The van der Waals surface area contributed by atoms with E-state index in [1.807, 2.05) is 24.3 Å². The molecule has 0 unspecified atom stereocenters. The van der Waals surface area contributed by atoms with Gasteiger partial charge in [-0.25, -0.2) is 0 Å². The summed E-state index contributed by atoms with van der Waals surface area (Å²) in [5.41, 5.74) is 54.6. The fourth-order valence-electron chi connectivity index (χ4n) is 5.09. The molecule has 0 saturated heterocycles. The highest BCUT2D eigenvalue weighted by Crippen LogP contribution is 2.52. The molecule has 8 heteroatoms. The van der Waals surface area contributed by atoms with Gasteiger partial charge in [0.15, 0.2) is 0 Å². The summed E-state index contributed by atoms with van der Waals surface area (Å²) in [4.78, 5) is 0. The van der Waals surface area contributed by atoms with Crippen molar-refractivity contribution in [1.29, 1.82) is 0 Å². The van der Waals surface area contributed by atoms with Crippen LogP contribution < -0.4 is 45.9 Å². The summed E-state index contributed by atoms with van der Waals surface area (Å²) in [6.07, 6.45) is 0. The van der Waals surface area contributed by atoms with Crippen LogP contribution in [0.25, 0.3) is 53.9 Å². The second-order valence-corrected chi connectivity index (χ2v) is 8.37. The molecule has 158 valence electrons. The number of nitrogen functional groups attached to an aromatic ring is 8. The van der Waals surface area contributed by atoms with Gasteiger partial charge in [-0.3, -0.25) is 0 Å². The molecule has 0 aliphatic heterocycles. The maximum absolute atomic E-state index is 6.57. The van der Waals surface area contributed by atoms with Crippen LogP contribution in [-0.4, -0.2) is 0 Å². The Hall–Kier alpha value is -4.72. The van der Waals surface area contributed by atoms with Crippen molar-refractivity contribution in [3.8, 4) is 0 Å². The Balaban J connectivity index is 2.16. The lowest BCUT2D eigenvalue weighted by Crippen LogP contribution is -2.04. The number of rotatable bonds is 0. The molecule has 0 aliphatic rings. The van der Waals surface area contributed by atoms with Crippen molar-refractivity contribution in [1.82, 2.24) is 0 Å². The normalized spacial score (nSPS) is 12.1. The molecule has 0 heterocycles. The van der Waals surface area contributed by atoms with E-state index in [1.54, 1.807) is 12.1 Å². The first kappa shape index (κ1) is 18.1. The van der Waals surface area contributed by atoms with Crippen LogP contribution >= 0.6 is 0 Å². The van der Waals surface area contributed by atoms with E-state index in [0.29, 0.717) is 45.5 Å². The predicted octanol–water partition coefficient (Wildman–Crippen LogP) is 3.55. The second-order valence-electron chi connectivity index (χ2n) is 8.37. The third-order valence-electron chi connectivity index (χ3n) is 6.66. The molecule has 6 aromatic rings. The Kier molecular flexibility index (Phi) is 3.11. The van der Waals surface area contributed by atoms with E-state index >= 15 is 0 Å². The SMILES string of the molecule is Nc1cc2cc3c(N)c(N)c4cc(N)c(N)c5c6ccc(N)c(N)c6c(c2cc1N)c3c45. The highest BCUT2D eigenvalue weighted by molar-refractivity contribution is 6.45. The minimum atomic E-state index is 0.417. The maximum Gasteiger partial charge on any atom is 0.0635 e. The van der Waals surface area contributed by atoms with Crippen LogP contribution in [-0.2, 0) is 0 Å². The van der Waals surface area contributed by atoms with Crippen LogP contribution in [0, 0.1) is 0 Å². The standard InChI is InChI=1S/C24H22N8/c25-12-2-1-8-19(23(12)31)16-9-5-14(27)13(26)4-7(9)3-10-17(16)18-11(22(30)21(10)29)6-15(28)24(32)20(8)18/h1-6H,25-32H2. The molecule has 0 radical (unpaired) electrons. The molecular weight excluding hydrogens is 400 g/mol. The van der Waals surface area contributed by atoms with E-state index in [-0.39, 0.29) is 0 Å². The van der Waals surface area contributed by atoms with E-state index < -0.39 is 0 Å². The van der Waals surface area contributed by atoms with E-state index in [1.165, 1.54) is 0 Å². The lowest BCUT2D eigenvalue weighted by molar-refractivity contribution is 1.71. The van der Waals surface area contributed by atoms with Gasteiger partial charge in [0, 0.05) is 37.7 Å². The average Bonchev–Trinajstić information content (AvgIpc) is 2.76. The van der Waals surface area contributed by atoms with Crippen molar-refractivity contribution in [3.63, 3.8) is 0 Å². The quantitative estimate of drug-likeness (QED) is 0.103. The molecule has 16 N–H and O–H groups in total. The van der Waals surface area contributed by atoms with E-state index in [0.717, 1.165) is 53.9 Å². The molecule has 0 saturated carbocycles. The van der Waals surface area contributed by atoms with Gasteiger partial charge in [-0.15, -0.1) is 0 Å². The second kappa shape index (κ2) is 5.50. The monoisotopic (exact) mass is 422 g/mol. The third kappa shape index (κ3) is 1.91. The molecule has 0 amide bonds. The lowest BCUT2D eigenvalue weighted by Gasteiger charge is -2.23. The first-order valence-corrected chi connectivity index (χ1v) is 10.0. The summed E-state index contributed by atoms with van der Waals surface area (Å²) < 4.78 is 0. The molecule has 0 atom stereocenters. The van der Waals surface area contributed by atoms with E-state index in [2.05, 4.69) is 0 Å². The molecular formula is C24H22N8. The Morgan fingerprint density at radius 3 is 1.53 bits per heavy atom. The minimum Gasteiger partial charge on any atom is -0.397 e. The molecule has 6 rings (SSSR count). The molecule has 8 nitrogen and oxygen atoms in total. The fraction of sp³-hybridized carbons (Fsp3) is 0. The van der Waals surface area contributed by atoms with Crippen LogP contribution in [0.15, 0.2) is 36.4 Å². The van der Waals surface area contributed by atoms with Gasteiger partial charge in [-0.1, -0.05) is 6.07 Å². The number of nitrogens with two attached hydrogens (primary N) is 8. The third-order valence-corrected chi connectivity index (χ3v) is 6.66. The predicted molar refractivity (Wildman–Crippen MR) is 140 cm³/mol. The van der Waals surface area contributed by atoms with E-state index in [4.69, 9.17) is 45.9 Å². The zero-order chi connectivity index (χ0) is 22.6. The zero-order valence-electron chi connectivity index (χ0n) is 17.1. The van der Waals surface area contributed by atoms with Crippen LogP contribution in [0.4, 0.5) is 45.5 Å². The minimum absolute atomic E-state index is 0.417. The first-order chi connectivity index (χ1) is 15.2. The van der Waals surface area contributed by atoms with Gasteiger partial charge in [0.25, 0.3) is 0 Å². The van der Waals surface area contributed by atoms with Crippen molar-refractivity contribution >= 4 is 99.4 Å². The van der Waals surface area contributed by atoms with Crippen molar-refractivity contribution in [3.05, 3.63) is 36.4 Å². The van der Waals surface area contributed by atoms with Crippen LogP contribution in [0.2, 0.25) is 0 Å². The Bertz CT molecular complexity index is 1800. The van der Waals surface area contributed by atoms with Crippen molar-refractivity contribution in [2.45, 2.75) is 0 Å². The van der Waals surface area contributed by atoms with Crippen LogP contribution in [0.3, 0.4) is 0 Å². The largest absolute Gasteiger partial charge is 0.397 e. The molecule has 0 aromatic heterocycles. The van der Waals surface area contributed by atoms with Crippen LogP contribution in [0.1, 0.15) is 0 Å². The van der Waals surface area contributed by atoms with Gasteiger partial charge >= 0.3 is 0 Å². The Morgan fingerprint density at radius 1 is 0.344 bits per heavy atom. The van der Waals surface area contributed by atoms with Gasteiger partial charge in [-0.2, -0.15) is 0 Å². The maximum atomic E-state index is 6.57. The number of fused-ring (bicyclic) bond motifs is 5. The fourth-order valence-corrected chi connectivity index (χ4v) is 5.09. The summed E-state index contributed by atoms with van der Waals surface area (Å²) in [5.74, 6) is 0. The Labute approximate surface area is 182 Å². The topological polar surface area (TPSA) is 208 Å².